The standard InChI is InChI=1S/C15H21N3S/c1-3-8-18(10-15-17-12(2)11-19-15)9-13-4-6-14(16)7-5-13/h4-7,11H,3,8-10,16H2,1-2H3. The van der Waals surface area contributed by atoms with Gasteiger partial charge in [-0.05, 0) is 37.6 Å². The van der Waals surface area contributed by atoms with Gasteiger partial charge in [-0.25, -0.2) is 4.98 Å². The molecule has 1 heterocycles. The van der Waals surface area contributed by atoms with Crippen LogP contribution in [0.5, 0.6) is 0 Å². The zero-order valence-electron chi connectivity index (χ0n) is 11.6. The molecular weight excluding hydrogens is 254 g/mol. The van der Waals surface area contributed by atoms with Crippen LogP contribution in [-0.4, -0.2) is 16.4 Å². The van der Waals surface area contributed by atoms with Gasteiger partial charge in [-0.2, -0.15) is 0 Å². The third-order valence-corrected chi connectivity index (χ3v) is 3.90. The van der Waals surface area contributed by atoms with E-state index in [2.05, 4.69) is 34.3 Å². The van der Waals surface area contributed by atoms with Gasteiger partial charge in [-0.15, -0.1) is 11.3 Å². The Hall–Kier alpha value is -1.39. The Morgan fingerprint density at radius 2 is 1.95 bits per heavy atom. The Morgan fingerprint density at radius 1 is 1.21 bits per heavy atom. The maximum Gasteiger partial charge on any atom is 0.107 e. The first-order valence-corrected chi connectivity index (χ1v) is 7.53. The number of hydrogen-bond acceptors (Lipinski definition) is 4. The van der Waals surface area contributed by atoms with Crippen LogP contribution in [0.1, 0.15) is 29.6 Å². The van der Waals surface area contributed by atoms with E-state index in [1.165, 1.54) is 10.6 Å². The summed E-state index contributed by atoms with van der Waals surface area (Å²) in [6.45, 7) is 7.22. The monoisotopic (exact) mass is 275 g/mol. The molecule has 19 heavy (non-hydrogen) atoms. The molecule has 0 saturated heterocycles. The highest BCUT2D eigenvalue weighted by Crippen LogP contribution is 2.15. The molecule has 0 aliphatic carbocycles. The number of rotatable bonds is 6. The number of hydrogen-bond donors (Lipinski definition) is 1. The van der Waals surface area contributed by atoms with E-state index < -0.39 is 0 Å². The number of aryl methyl sites for hydroxylation is 1. The fraction of sp³-hybridized carbons (Fsp3) is 0.400. The van der Waals surface area contributed by atoms with Gasteiger partial charge in [-0.3, -0.25) is 4.90 Å². The van der Waals surface area contributed by atoms with E-state index >= 15 is 0 Å². The summed E-state index contributed by atoms with van der Waals surface area (Å²) in [6, 6.07) is 8.14. The number of benzene rings is 1. The van der Waals surface area contributed by atoms with Crippen molar-refractivity contribution in [1.29, 1.82) is 0 Å². The summed E-state index contributed by atoms with van der Waals surface area (Å²) in [7, 11) is 0. The molecular formula is C15H21N3S. The van der Waals surface area contributed by atoms with Crippen molar-refractivity contribution in [3.63, 3.8) is 0 Å². The van der Waals surface area contributed by atoms with Crippen molar-refractivity contribution in [2.24, 2.45) is 0 Å². The summed E-state index contributed by atoms with van der Waals surface area (Å²) in [4.78, 5) is 6.98. The lowest BCUT2D eigenvalue weighted by Gasteiger charge is -2.20. The van der Waals surface area contributed by atoms with Gasteiger partial charge >= 0.3 is 0 Å². The summed E-state index contributed by atoms with van der Waals surface area (Å²) in [5.41, 5.74) is 8.96. The quantitative estimate of drug-likeness (QED) is 0.821. The van der Waals surface area contributed by atoms with Gasteiger partial charge in [-0.1, -0.05) is 19.1 Å². The number of thiazole rings is 1. The molecule has 3 nitrogen and oxygen atoms in total. The van der Waals surface area contributed by atoms with E-state index in [1.807, 2.05) is 19.1 Å². The van der Waals surface area contributed by atoms with Crippen molar-refractivity contribution in [3.8, 4) is 0 Å². The lowest BCUT2D eigenvalue weighted by Crippen LogP contribution is -2.23. The van der Waals surface area contributed by atoms with Crippen LogP contribution in [0.15, 0.2) is 29.6 Å². The molecule has 0 atom stereocenters. The maximum absolute atomic E-state index is 5.72. The molecule has 2 aromatic rings. The van der Waals surface area contributed by atoms with Crippen molar-refractivity contribution in [1.82, 2.24) is 9.88 Å². The zero-order valence-corrected chi connectivity index (χ0v) is 12.4. The normalized spacial score (nSPS) is 11.1. The second-order valence-corrected chi connectivity index (χ2v) is 5.78. The SMILES string of the molecule is CCCN(Cc1ccc(N)cc1)Cc1nc(C)cs1. The second kappa shape index (κ2) is 6.68. The van der Waals surface area contributed by atoms with Crippen LogP contribution in [0, 0.1) is 6.92 Å². The fourth-order valence-corrected chi connectivity index (χ4v) is 2.89. The highest BCUT2D eigenvalue weighted by molar-refractivity contribution is 7.09. The highest BCUT2D eigenvalue weighted by Gasteiger charge is 2.08. The topological polar surface area (TPSA) is 42.1 Å². The average molecular weight is 275 g/mol. The molecule has 102 valence electrons. The smallest absolute Gasteiger partial charge is 0.107 e. The summed E-state index contributed by atoms with van der Waals surface area (Å²) < 4.78 is 0. The first kappa shape index (κ1) is 14.0. The molecule has 0 amide bonds. The Morgan fingerprint density at radius 3 is 2.53 bits per heavy atom. The van der Waals surface area contributed by atoms with Crippen LogP contribution >= 0.6 is 11.3 Å². The molecule has 0 radical (unpaired) electrons. The number of aromatic nitrogens is 1. The third-order valence-electron chi connectivity index (χ3n) is 2.95. The van der Waals surface area contributed by atoms with Crippen LogP contribution < -0.4 is 5.73 Å². The van der Waals surface area contributed by atoms with E-state index in [0.29, 0.717) is 0 Å². The average Bonchev–Trinajstić information content (AvgIpc) is 2.78. The number of nitrogens with two attached hydrogens (primary N) is 1. The summed E-state index contributed by atoms with van der Waals surface area (Å²) in [5.74, 6) is 0. The van der Waals surface area contributed by atoms with Gasteiger partial charge in [0.1, 0.15) is 5.01 Å². The van der Waals surface area contributed by atoms with Crippen LogP contribution in [0.25, 0.3) is 0 Å². The minimum absolute atomic E-state index is 0.821. The predicted octanol–water partition coefficient (Wildman–Crippen LogP) is 3.45. The van der Waals surface area contributed by atoms with Crippen LogP contribution in [0.2, 0.25) is 0 Å². The number of nitrogen functional groups attached to an aromatic ring is 1. The van der Waals surface area contributed by atoms with Crippen molar-refractivity contribution in [3.05, 3.63) is 45.9 Å². The molecule has 2 rings (SSSR count). The van der Waals surface area contributed by atoms with Crippen LogP contribution in [0.4, 0.5) is 5.69 Å². The van der Waals surface area contributed by atoms with Gasteiger partial charge < -0.3 is 5.73 Å². The first-order valence-electron chi connectivity index (χ1n) is 6.65. The van der Waals surface area contributed by atoms with E-state index in [9.17, 15) is 0 Å². The molecule has 0 saturated carbocycles. The van der Waals surface area contributed by atoms with Gasteiger partial charge in [0.05, 0.1) is 6.54 Å². The maximum atomic E-state index is 5.72. The van der Waals surface area contributed by atoms with E-state index in [4.69, 9.17) is 5.73 Å². The molecule has 1 aromatic heterocycles. The largest absolute Gasteiger partial charge is 0.399 e. The van der Waals surface area contributed by atoms with Crippen molar-refractivity contribution < 1.29 is 0 Å². The van der Waals surface area contributed by atoms with Crippen molar-refractivity contribution in [2.75, 3.05) is 12.3 Å². The van der Waals surface area contributed by atoms with Gasteiger partial charge in [0, 0.05) is 23.3 Å². The summed E-state index contributed by atoms with van der Waals surface area (Å²) in [6.07, 6.45) is 1.15. The van der Waals surface area contributed by atoms with Crippen LogP contribution in [-0.2, 0) is 13.1 Å². The molecule has 0 aliphatic rings. The van der Waals surface area contributed by atoms with Crippen molar-refractivity contribution >= 4 is 17.0 Å². The highest BCUT2D eigenvalue weighted by atomic mass is 32.1. The van der Waals surface area contributed by atoms with Crippen LogP contribution in [0.3, 0.4) is 0 Å². The minimum atomic E-state index is 0.821. The molecule has 0 fully saturated rings. The number of anilines is 1. The molecule has 0 spiro atoms. The summed E-state index contributed by atoms with van der Waals surface area (Å²) >= 11 is 1.74. The first-order chi connectivity index (χ1) is 9.17. The van der Waals surface area contributed by atoms with Gasteiger partial charge in [0.15, 0.2) is 0 Å². The lowest BCUT2D eigenvalue weighted by atomic mass is 10.2. The third kappa shape index (κ3) is 4.33. The molecule has 2 N–H and O–H groups in total. The van der Waals surface area contributed by atoms with Gasteiger partial charge in [0.2, 0.25) is 0 Å². The number of nitrogens with zero attached hydrogens (tertiary/aromatic N) is 2. The molecule has 1 aromatic carbocycles. The zero-order chi connectivity index (χ0) is 13.7. The van der Waals surface area contributed by atoms with E-state index in [-0.39, 0.29) is 0 Å². The Labute approximate surface area is 119 Å². The molecule has 0 unspecified atom stereocenters. The van der Waals surface area contributed by atoms with E-state index in [0.717, 1.165) is 37.4 Å². The minimum Gasteiger partial charge on any atom is -0.399 e. The predicted molar refractivity (Wildman–Crippen MR) is 82.1 cm³/mol. The summed E-state index contributed by atoms with van der Waals surface area (Å²) in [5, 5.41) is 3.31. The Bertz CT molecular complexity index is 504. The molecule has 0 aliphatic heterocycles. The van der Waals surface area contributed by atoms with Gasteiger partial charge in [0.25, 0.3) is 0 Å². The Balaban J connectivity index is 2.01. The fourth-order valence-electron chi connectivity index (χ4n) is 2.08. The van der Waals surface area contributed by atoms with E-state index in [1.54, 1.807) is 11.3 Å². The van der Waals surface area contributed by atoms with Crippen molar-refractivity contribution in [2.45, 2.75) is 33.4 Å². The molecule has 4 heteroatoms. The second-order valence-electron chi connectivity index (χ2n) is 4.83. The molecule has 0 bridgehead atoms. The Kier molecular flexibility index (Phi) is 4.93. The lowest BCUT2D eigenvalue weighted by molar-refractivity contribution is 0.257.